The van der Waals surface area contributed by atoms with Crippen LogP contribution in [0, 0.1) is 5.92 Å². The molecule has 1 aliphatic heterocycles. The van der Waals surface area contributed by atoms with Crippen molar-refractivity contribution in [3.63, 3.8) is 0 Å². The minimum absolute atomic E-state index is 0.0496. The molecule has 2 N–H and O–H groups in total. The third kappa shape index (κ3) is 6.89. The van der Waals surface area contributed by atoms with Gasteiger partial charge in [0.05, 0.1) is 6.61 Å². The normalized spacial score (nSPS) is 19.0. The van der Waals surface area contributed by atoms with Crippen LogP contribution < -0.4 is 15.4 Å². The van der Waals surface area contributed by atoms with Gasteiger partial charge >= 0.3 is 0 Å². The Morgan fingerprint density at radius 1 is 1.17 bits per heavy atom. The van der Waals surface area contributed by atoms with Crippen LogP contribution in [0.4, 0.5) is 0 Å². The van der Waals surface area contributed by atoms with E-state index in [1.807, 2.05) is 14.0 Å². The number of hydrogen-bond donors (Lipinski definition) is 2. The highest BCUT2D eigenvalue weighted by Crippen LogP contribution is 2.35. The van der Waals surface area contributed by atoms with Gasteiger partial charge in [-0.15, -0.1) is 0 Å². The number of nitrogens with zero attached hydrogens (tertiary/aromatic N) is 1. The third-order valence-electron chi connectivity index (χ3n) is 5.85. The van der Waals surface area contributed by atoms with E-state index < -0.39 is 0 Å². The molecule has 0 atom stereocenters. The van der Waals surface area contributed by atoms with Gasteiger partial charge in [-0.1, -0.05) is 12.1 Å². The molecule has 29 heavy (non-hydrogen) atoms. The van der Waals surface area contributed by atoms with Gasteiger partial charge in [0.2, 0.25) is 0 Å². The molecule has 2 fully saturated rings. The van der Waals surface area contributed by atoms with Crippen molar-refractivity contribution in [2.45, 2.75) is 44.4 Å². The summed E-state index contributed by atoms with van der Waals surface area (Å²) in [5, 5.41) is 6.96. The van der Waals surface area contributed by atoms with E-state index in [1.165, 1.54) is 18.4 Å². The van der Waals surface area contributed by atoms with Crippen molar-refractivity contribution in [2.24, 2.45) is 10.9 Å². The monoisotopic (exact) mass is 403 g/mol. The SMILES string of the molecule is CCOc1ccc(C2(CNC(=NC)NCCCOCC3CC3)CCOCC2)cc1. The van der Waals surface area contributed by atoms with E-state index in [0.717, 1.165) is 76.4 Å². The smallest absolute Gasteiger partial charge is 0.191 e. The van der Waals surface area contributed by atoms with Crippen molar-refractivity contribution in [3.05, 3.63) is 29.8 Å². The molecule has 0 aromatic heterocycles. The van der Waals surface area contributed by atoms with Crippen LogP contribution in [0.5, 0.6) is 5.75 Å². The van der Waals surface area contributed by atoms with Crippen LogP contribution in [0.15, 0.2) is 29.3 Å². The number of hydrogen-bond acceptors (Lipinski definition) is 4. The number of ether oxygens (including phenoxy) is 3. The highest BCUT2D eigenvalue weighted by molar-refractivity contribution is 5.79. The summed E-state index contributed by atoms with van der Waals surface area (Å²) in [6.07, 6.45) is 5.68. The minimum atomic E-state index is 0.0496. The summed E-state index contributed by atoms with van der Waals surface area (Å²) in [6.45, 7) is 7.72. The van der Waals surface area contributed by atoms with E-state index in [9.17, 15) is 0 Å². The Morgan fingerprint density at radius 2 is 1.93 bits per heavy atom. The third-order valence-corrected chi connectivity index (χ3v) is 5.85. The van der Waals surface area contributed by atoms with E-state index in [2.05, 4.69) is 39.9 Å². The number of guanidine groups is 1. The van der Waals surface area contributed by atoms with Crippen molar-refractivity contribution < 1.29 is 14.2 Å². The van der Waals surface area contributed by atoms with Crippen molar-refractivity contribution >= 4 is 5.96 Å². The molecule has 2 aliphatic rings. The Hall–Kier alpha value is -1.79. The first-order valence-corrected chi connectivity index (χ1v) is 11.1. The molecule has 1 saturated carbocycles. The van der Waals surface area contributed by atoms with Gasteiger partial charge in [0.1, 0.15) is 5.75 Å². The van der Waals surface area contributed by atoms with Crippen LogP contribution in [0.2, 0.25) is 0 Å². The topological polar surface area (TPSA) is 64.1 Å². The molecule has 0 bridgehead atoms. The minimum Gasteiger partial charge on any atom is -0.494 e. The molecule has 1 saturated heterocycles. The molecule has 162 valence electrons. The van der Waals surface area contributed by atoms with Gasteiger partial charge in [-0.05, 0) is 62.6 Å². The van der Waals surface area contributed by atoms with Gasteiger partial charge in [-0.25, -0.2) is 0 Å². The molecule has 0 unspecified atom stereocenters. The summed E-state index contributed by atoms with van der Waals surface area (Å²) in [4.78, 5) is 4.39. The standard InChI is InChI=1S/C23H37N3O3/c1-3-29-21-9-7-20(8-10-21)23(11-15-27-16-12-23)18-26-22(24-2)25-13-4-14-28-17-19-5-6-19/h7-10,19H,3-6,11-18H2,1-2H3,(H2,24,25,26). The molecule has 0 amide bonds. The van der Waals surface area contributed by atoms with Crippen LogP contribution in [0.3, 0.4) is 0 Å². The quantitative estimate of drug-likeness (QED) is 0.338. The Labute approximate surface area is 175 Å². The lowest BCUT2D eigenvalue weighted by Crippen LogP contribution is -2.48. The van der Waals surface area contributed by atoms with E-state index >= 15 is 0 Å². The van der Waals surface area contributed by atoms with Gasteiger partial charge in [0, 0.05) is 52.0 Å². The average Bonchev–Trinajstić information content (AvgIpc) is 3.58. The molecule has 1 aromatic rings. The summed E-state index contributed by atoms with van der Waals surface area (Å²) >= 11 is 0. The molecule has 6 nitrogen and oxygen atoms in total. The summed E-state index contributed by atoms with van der Waals surface area (Å²) in [5.74, 6) is 2.60. The molecule has 1 heterocycles. The zero-order valence-corrected chi connectivity index (χ0v) is 18.0. The van der Waals surface area contributed by atoms with Gasteiger partial charge < -0.3 is 24.8 Å². The van der Waals surface area contributed by atoms with Crippen LogP contribution in [-0.4, -0.2) is 59.1 Å². The summed E-state index contributed by atoms with van der Waals surface area (Å²) < 4.78 is 17.0. The lowest BCUT2D eigenvalue weighted by atomic mass is 9.74. The molecule has 6 heteroatoms. The van der Waals surface area contributed by atoms with E-state index in [1.54, 1.807) is 0 Å². The van der Waals surface area contributed by atoms with Gasteiger partial charge in [-0.2, -0.15) is 0 Å². The molecular weight excluding hydrogens is 366 g/mol. The maximum atomic E-state index is 5.70. The van der Waals surface area contributed by atoms with Crippen molar-refractivity contribution in [3.8, 4) is 5.75 Å². The second-order valence-electron chi connectivity index (χ2n) is 8.07. The summed E-state index contributed by atoms with van der Waals surface area (Å²) in [6, 6.07) is 8.55. The van der Waals surface area contributed by atoms with Crippen LogP contribution in [0.1, 0.15) is 44.6 Å². The zero-order valence-electron chi connectivity index (χ0n) is 18.0. The van der Waals surface area contributed by atoms with E-state index in [0.29, 0.717) is 6.61 Å². The number of nitrogens with one attached hydrogen (secondary N) is 2. The fraction of sp³-hybridized carbons (Fsp3) is 0.696. The van der Waals surface area contributed by atoms with E-state index in [-0.39, 0.29) is 5.41 Å². The highest BCUT2D eigenvalue weighted by atomic mass is 16.5. The fourth-order valence-electron chi connectivity index (χ4n) is 3.79. The second kappa shape index (κ2) is 11.4. The predicted molar refractivity (Wildman–Crippen MR) is 117 cm³/mol. The first kappa shape index (κ1) is 21.9. The zero-order chi connectivity index (χ0) is 20.4. The molecule has 3 rings (SSSR count). The van der Waals surface area contributed by atoms with Crippen molar-refractivity contribution in [1.29, 1.82) is 0 Å². The van der Waals surface area contributed by atoms with Gasteiger partial charge in [-0.3, -0.25) is 4.99 Å². The first-order valence-electron chi connectivity index (χ1n) is 11.1. The fourth-order valence-corrected chi connectivity index (χ4v) is 3.79. The maximum Gasteiger partial charge on any atom is 0.191 e. The second-order valence-corrected chi connectivity index (χ2v) is 8.07. The van der Waals surface area contributed by atoms with Crippen LogP contribution in [-0.2, 0) is 14.9 Å². The molecule has 1 aromatic carbocycles. The molecule has 0 radical (unpaired) electrons. The Morgan fingerprint density at radius 3 is 2.59 bits per heavy atom. The molecular formula is C23H37N3O3. The largest absolute Gasteiger partial charge is 0.494 e. The van der Waals surface area contributed by atoms with Crippen molar-refractivity contribution in [1.82, 2.24) is 10.6 Å². The van der Waals surface area contributed by atoms with Crippen LogP contribution >= 0.6 is 0 Å². The predicted octanol–water partition coefficient (Wildman–Crippen LogP) is 3.12. The molecule has 1 aliphatic carbocycles. The lowest BCUT2D eigenvalue weighted by molar-refractivity contribution is 0.0513. The van der Waals surface area contributed by atoms with Crippen molar-refractivity contribution in [2.75, 3.05) is 53.2 Å². The van der Waals surface area contributed by atoms with Crippen LogP contribution in [0.25, 0.3) is 0 Å². The molecule has 0 spiro atoms. The van der Waals surface area contributed by atoms with E-state index in [4.69, 9.17) is 14.2 Å². The average molecular weight is 404 g/mol. The number of aliphatic imine (C=N–C) groups is 1. The highest BCUT2D eigenvalue weighted by Gasteiger charge is 2.34. The Balaban J connectivity index is 1.49. The first-order chi connectivity index (χ1) is 14.3. The maximum absolute atomic E-state index is 5.70. The summed E-state index contributed by atoms with van der Waals surface area (Å²) in [7, 11) is 1.83. The van der Waals surface area contributed by atoms with Gasteiger partial charge in [0.15, 0.2) is 5.96 Å². The number of rotatable bonds is 11. The number of benzene rings is 1. The lowest BCUT2D eigenvalue weighted by Gasteiger charge is -2.38. The van der Waals surface area contributed by atoms with Gasteiger partial charge in [0.25, 0.3) is 0 Å². The summed E-state index contributed by atoms with van der Waals surface area (Å²) in [5.41, 5.74) is 1.38. The Bertz CT molecular complexity index is 623. The Kier molecular flexibility index (Phi) is 8.62.